The molecule has 0 aliphatic rings. The Labute approximate surface area is 145 Å². The Kier molecular flexibility index (Phi) is 5.13. The molecule has 0 amide bonds. The van der Waals surface area contributed by atoms with Crippen LogP contribution < -0.4 is 9.47 Å². The second kappa shape index (κ2) is 7.65. The highest BCUT2D eigenvalue weighted by atomic mass is 16.6. The SMILES string of the molecule is CCn1nnc2cc(C(=O)OCCOc3ccc(OC)cc3)ccc21. The molecule has 0 saturated heterocycles. The van der Waals surface area contributed by atoms with E-state index in [2.05, 4.69) is 10.3 Å². The van der Waals surface area contributed by atoms with Crippen LogP contribution in [-0.2, 0) is 11.3 Å². The minimum atomic E-state index is -0.411. The molecule has 3 aromatic rings. The van der Waals surface area contributed by atoms with Crippen molar-refractivity contribution in [1.29, 1.82) is 0 Å². The van der Waals surface area contributed by atoms with Crippen LogP contribution >= 0.6 is 0 Å². The third kappa shape index (κ3) is 3.88. The van der Waals surface area contributed by atoms with E-state index in [0.717, 1.165) is 17.8 Å². The van der Waals surface area contributed by atoms with Gasteiger partial charge in [0.25, 0.3) is 0 Å². The molecule has 0 bridgehead atoms. The van der Waals surface area contributed by atoms with Crippen molar-refractivity contribution < 1.29 is 19.0 Å². The number of benzene rings is 2. The summed E-state index contributed by atoms with van der Waals surface area (Å²) in [4.78, 5) is 12.1. The predicted octanol–water partition coefficient (Wildman–Crippen LogP) is 2.70. The number of carbonyl (C=O) groups is 1. The molecule has 0 radical (unpaired) electrons. The standard InChI is InChI=1S/C18H19N3O4/c1-3-21-17-9-4-13(12-16(17)19-20-21)18(22)25-11-10-24-15-7-5-14(23-2)6-8-15/h4-9,12H,3,10-11H2,1-2H3. The van der Waals surface area contributed by atoms with Gasteiger partial charge in [-0.2, -0.15) is 0 Å². The predicted molar refractivity (Wildman–Crippen MR) is 92.0 cm³/mol. The summed E-state index contributed by atoms with van der Waals surface area (Å²) in [5.74, 6) is 1.04. The van der Waals surface area contributed by atoms with Gasteiger partial charge in [0.15, 0.2) is 0 Å². The molecule has 0 spiro atoms. The Morgan fingerprint density at radius 2 is 1.84 bits per heavy atom. The minimum absolute atomic E-state index is 0.157. The Hall–Kier alpha value is -3.09. The molecule has 0 aliphatic carbocycles. The number of esters is 1. The summed E-state index contributed by atoms with van der Waals surface area (Å²) in [7, 11) is 1.61. The highest BCUT2D eigenvalue weighted by Crippen LogP contribution is 2.17. The van der Waals surface area contributed by atoms with Gasteiger partial charge in [0.05, 0.1) is 18.2 Å². The van der Waals surface area contributed by atoms with Crippen LogP contribution in [0.4, 0.5) is 0 Å². The van der Waals surface area contributed by atoms with Gasteiger partial charge in [-0.15, -0.1) is 5.10 Å². The average molecular weight is 341 g/mol. The summed E-state index contributed by atoms with van der Waals surface area (Å²) in [5.41, 5.74) is 2.01. The van der Waals surface area contributed by atoms with Gasteiger partial charge in [0.1, 0.15) is 30.2 Å². The van der Waals surface area contributed by atoms with Crippen LogP contribution in [0.2, 0.25) is 0 Å². The summed E-state index contributed by atoms with van der Waals surface area (Å²) < 4.78 is 17.6. The first-order valence-corrected chi connectivity index (χ1v) is 7.98. The van der Waals surface area contributed by atoms with Crippen molar-refractivity contribution >= 4 is 17.0 Å². The van der Waals surface area contributed by atoms with Crippen LogP contribution in [-0.4, -0.2) is 41.3 Å². The number of hydrogen-bond donors (Lipinski definition) is 0. The maximum atomic E-state index is 12.1. The number of nitrogens with zero attached hydrogens (tertiary/aromatic N) is 3. The average Bonchev–Trinajstić information content (AvgIpc) is 3.07. The Balaban J connectivity index is 1.52. The molecule has 25 heavy (non-hydrogen) atoms. The van der Waals surface area contributed by atoms with Gasteiger partial charge in [-0.3, -0.25) is 0 Å². The van der Waals surface area contributed by atoms with Gasteiger partial charge in [-0.1, -0.05) is 5.21 Å². The molecule has 7 nitrogen and oxygen atoms in total. The van der Waals surface area contributed by atoms with E-state index in [1.54, 1.807) is 48.2 Å². The van der Waals surface area contributed by atoms with Crippen molar-refractivity contribution in [1.82, 2.24) is 15.0 Å². The Morgan fingerprint density at radius 3 is 2.56 bits per heavy atom. The molecule has 0 aliphatic heterocycles. The van der Waals surface area contributed by atoms with E-state index in [1.807, 2.05) is 13.0 Å². The maximum absolute atomic E-state index is 12.1. The molecule has 7 heteroatoms. The van der Waals surface area contributed by atoms with E-state index >= 15 is 0 Å². The fraction of sp³-hybridized carbons (Fsp3) is 0.278. The molecular weight excluding hydrogens is 322 g/mol. The molecule has 0 unspecified atom stereocenters. The number of carbonyl (C=O) groups excluding carboxylic acids is 1. The number of aromatic nitrogens is 3. The second-order valence-corrected chi connectivity index (χ2v) is 5.27. The second-order valence-electron chi connectivity index (χ2n) is 5.27. The summed E-state index contributed by atoms with van der Waals surface area (Å²) in [6.45, 7) is 3.14. The van der Waals surface area contributed by atoms with Crippen molar-refractivity contribution in [2.45, 2.75) is 13.5 Å². The molecule has 3 rings (SSSR count). The van der Waals surface area contributed by atoms with Gasteiger partial charge in [-0.25, -0.2) is 9.48 Å². The highest BCUT2D eigenvalue weighted by molar-refractivity contribution is 5.93. The van der Waals surface area contributed by atoms with Gasteiger partial charge in [-0.05, 0) is 49.4 Å². The van der Waals surface area contributed by atoms with Gasteiger partial charge in [0.2, 0.25) is 0 Å². The maximum Gasteiger partial charge on any atom is 0.338 e. The van der Waals surface area contributed by atoms with Crippen LogP contribution in [0.15, 0.2) is 42.5 Å². The van der Waals surface area contributed by atoms with Crippen LogP contribution in [0.25, 0.3) is 11.0 Å². The van der Waals surface area contributed by atoms with Crippen LogP contribution in [0.3, 0.4) is 0 Å². The van der Waals surface area contributed by atoms with Gasteiger partial charge < -0.3 is 14.2 Å². The van der Waals surface area contributed by atoms with E-state index < -0.39 is 5.97 Å². The summed E-state index contributed by atoms with van der Waals surface area (Å²) in [6.07, 6.45) is 0. The molecule has 130 valence electrons. The topological polar surface area (TPSA) is 75.5 Å². The Bertz CT molecular complexity index is 858. The molecule has 0 atom stereocenters. The largest absolute Gasteiger partial charge is 0.497 e. The molecule has 1 heterocycles. The number of fused-ring (bicyclic) bond motifs is 1. The smallest absolute Gasteiger partial charge is 0.338 e. The molecular formula is C18H19N3O4. The van der Waals surface area contributed by atoms with Gasteiger partial charge in [0, 0.05) is 6.54 Å². The third-order valence-corrected chi connectivity index (χ3v) is 3.69. The number of hydrogen-bond acceptors (Lipinski definition) is 6. The minimum Gasteiger partial charge on any atom is -0.497 e. The number of methoxy groups -OCH3 is 1. The first-order chi connectivity index (χ1) is 12.2. The zero-order valence-corrected chi connectivity index (χ0v) is 14.1. The molecule has 0 fully saturated rings. The third-order valence-electron chi connectivity index (χ3n) is 3.69. The highest BCUT2D eigenvalue weighted by Gasteiger charge is 2.11. The lowest BCUT2D eigenvalue weighted by atomic mass is 10.2. The first-order valence-electron chi connectivity index (χ1n) is 7.98. The zero-order valence-electron chi connectivity index (χ0n) is 14.1. The lowest BCUT2D eigenvalue weighted by Crippen LogP contribution is -2.12. The van der Waals surface area contributed by atoms with E-state index in [0.29, 0.717) is 16.8 Å². The molecule has 2 aromatic carbocycles. The van der Waals surface area contributed by atoms with E-state index in [9.17, 15) is 4.79 Å². The van der Waals surface area contributed by atoms with Crippen LogP contribution in [0, 0.1) is 0 Å². The fourth-order valence-corrected chi connectivity index (χ4v) is 2.38. The quantitative estimate of drug-likeness (QED) is 0.486. The molecule has 0 saturated carbocycles. The lowest BCUT2D eigenvalue weighted by Gasteiger charge is -2.08. The number of ether oxygens (including phenoxy) is 3. The van der Waals surface area contributed by atoms with Crippen LogP contribution in [0.5, 0.6) is 11.5 Å². The van der Waals surface area contributed by atoms with E-state index in [1.165, 1.54) is 0 Å². The van der Waals surface area contributed by atoms with Gasteiger partial charge >= 0.3 is 5.97 Å². The van der Waals surface area contributed by atoms with Crippen molar-refractivity contribution in [3.63, 3.8) is 0 Å². The fourth-order valence-electron chi connectivity index (χ4n) is 2.38. The molecule has 0 N–H and O–H groups in total. The summed E-state index contributed by atoms with van der Waals surface area (Å²) in [6, 6.07) is 12.4. The van der Waals surface area contributed by atoms with Crippen molar-refractivity contribution in [3.8, 4) is 11.5 Å². The number of rotatable bonds is 7. The Morgan fingerprint density at radius 1 is 1.08 bits per heavy atom. The number of aryl methyl sites for hydroxylation is 1. The molecule has 1 aromatic heterocycles. The van der Waals surface area contributed by atoms with E-state index in [-0.39, 0.29) is 13.2 Å². The zero-order chi connectivity index (χ0) is 17.6. The van der Waals surface area contributed by atoms with Crippen LogP contribution in [0.1, 0.15) is 17.3 Å². The summed E-state index contributed by atoms with van der Waals surface area (Å²) >= 11 is 0. The normalized spacial score (nSPS) is 10.6. The van der Waals surface area contributed by atoms with E-state index in [4.69, 9.17) is 14.2 Å². The monoisotopic (exact) mass is 341 g/mol. The lowest BCUT2D eigenvalue weighted by molar-refractivity contribution is 0.0450. The van der Waals surface area contributed by atoms with Crippen molar-refractivity contribution in [2.75, 3.05) is 20.3 Å². The van der Waals surface area contributed by atoms with Crippen molar-refractivity contribution in [3.05, 3.63) is 48.0 Å². The van der Waals surface area contributed by atoms with Crippen molar-refractivity contribution in [2.24, 2.45) is 0 Å². The first kappa shape index (κ1) is 16.8. The summed E-state index contributed by atoms with van der Waals surface area (Å²) in [5, 5.41) is 8.07.